The van der Waals surface area contributed by atoms with E-state index in [1.807, 2.05) is 11.4 Å². The fraction of sp³-hybridized carbons (Fsp3) is 0.500. The van der Waals surface area contributed by atoms with Crippen molar-refractivity contribution in [3.8, 4) is 0 Å². The number of carbonyl (C=O) groups is 2. The van der Waals surface area contributed by atoms with Gasteiger partial charge in [0.15, 0.2) is 6.04 Å². The van der Waals surface area contributed by atoms with E-state index < -0.39 is 12.0 Å². The molecule has 1 aromatic heterocycles. The molecule has 0 spiro atoms. The summed E-state index contributed by atoms with van der Waals surface area (Å²) in [6, 6.07) is 1.13. The molecule has 0 aliphatic carbocycles. The Balaban J connectivity index is 1.92. The standard InChI is InChI=1S/C12H14BrNO4S/c13-8-5-9(19-7-8)1-2-11(15)14-3-4-18-6-10(14)12(16)17/h5,7,10H,1-4,6H2,(H,16,17). The van der Waals surface area contributed by atoms with Crippen molar-refractivity contribution in [1.29, 1.82) is 0 Å². The molecule has 0 bridgehead atoms. The lowest BCUT2D eigenvalue weighted by Crippen LogP contribution is -2.52. The SMILES string of the molecule is O=C(O)C1COCCN1C(=O)CCc1cc(Br)cs1. The van der Waals surface area contributed by atoms with Crippen LogP contribution in [-0.2, 0) is 20.7 Å². The van der Waals surface area contributed by atoms with E-state index in [1.54, 1.807) is 11.3 Å². The molecule has 0 radical (unpaired) electrons. The van der Waals surface area contributed by atoms with Crippen molar-refractivity contribution in [3.63, 3.8) is 0 Å². The van der Waals surface area contributed by atoms with Crippen LogP contribution in [0.25, 0.3) is 0 Å². The fourth-order valence-corrected chi connectivity index (χ4v) is 3.42. The quantitative estimate of drug-likeness (QED) is 0.900. The van der Waals surface area contributed by atoms with Crippen LogP contribution >= 0.6 is 27.3 Å². The topological polar surface area (TPSA) is 66.8 Å². The molecule has 1 aliphatic heterocycles. The maximum Gasteiger partial charge on any atom is 0.328 e. The summed E-state index contributed by atoms with van der Waals surface area (Å²) in [6.07, 6.45) is 0.968. The van der Waals surface area contributed by atoms with Gasteiger partial charge in [-0.25, -0.2) is 4.79 Å². The molecule has 1 aliphatic rings. The number of ether oxygens (including phenoxy) is 1. The van der Waals surface area contributed by atoms with Gasteiger partial charge in [0.25, 0.3) is 0 Å². The van der Waals surface area contributed by atoms with E-state index in [1.165, 1.54) is 4.90 Å². The van der Waals surface area contributed by atoms with Crippen molar-refractivity contribution in [2.24, 2.45) is 0 Å². The molecule has 2 rings (SSSR count). The molecular formula is C12H14BrNO4S. The predicted molar refractivity (Wildman–Crippen MR) is 74.3 cm³/mol. The minimum absolute atomic E-state index is 0.0750. The fourth-order valence-electron chi connectivity index (χ4n) is 1.97. The Bertz CT molecular complexity index is 476. The Morgan fingerprint density at radius 3 is 3.00 bits per heavy atom. The van der Waals surface area contributed by atoms with Gasteiger partial charge >= 0.3 is 5.97 Å². The van der Waals surface area contributed by atoms with Crippen molar-refractivity contribution in [3.05, 3.63) is 20.8 Å². The molecule has 1 unspecified atom stereocenters. The van der Waals surface area contributed by atoms with E-state index in [2.05, 4.69) is 15.9 Å². The summed E-state index contributed by atoms with van der Waals surface area (Å²) in [7, 11) is 0. The first-order valence-corrected chi connectivity index (χ1v) is 7.58. The van der Waals surface area contributed by atoms with Crippen LogP contribution in [0.15, 0.2) is 15.9 Å². The lowest BCUT2D eigenvalue weighted by atomic mass is 10.2. The highest BCUT2D eigenvalue weighted by Crippen LogP contribution is 2.21. The normalized spacial score (nSPS) is 19.4. The molecule has 5 nitrogen and oxygen atoms in total. The Labute approximate surface area is 123 Å². The number of hydrogen-bond acceptors (Lipinski definition) is 4. The Morgan fingerprint density at radius 2 is 2.37 bits per heavy atom. The van der Waals surface area contributed by atoms with E-state index in [4.69, 9.17) is 9.84 Å². The minimum Gasteiger partial charge on any atom is -0.480 e. The molecule has 0 saturated carbocycles. The summed E-state index contributed by atoms with van der Waals surface area (Å²) in [5.41, 5.74) is 0. The van der Waals surface area contributed by atoms with E-state index >= 15 is 0 Å². The zero-order chi connectivity index (χ0) is 13.8. The Hall–Kier alpha value is -0.920. The number of thiophene rings is 1. The number of aryl methyl sites for hydroxylation is 1. The smallest absolute Gasteiger partial charge is 0.328 e. The number of aliphatic carboxylic acids is 1. The first-order valence-electron chi connectivity index (χ1n) is 5.91. The third-order valence-corrected chi connectivity index (χ3v) is 4.70. The lowest BCUT2D eigenvalue weighted by Gasteiger charge is -2.32. The van der Waals surface area contributed by atoms with Gasteiger partial charge in [0.05, 0.1) is 13.2 Å². The van der Waals surface area contributed by atoms with Crippen LogP contribution in [0.4, 0.5) is 0 Å². The average molecular weight is 348 g/mol. The van der Waals surface area contributed by atoms with E-state index in [0.717, 1.165) is 9.35 Å². The number of carboxylic acids is 1. The highest BCUT2D eigenvalue weighted by molar-refractivity contribution is 9.10. The summed E-state index contributed by atoms with van der Waals surface area (Å²) >= 11 is 4.95. The molecule has 104 valence electrons. The summed E-state index contributed by atoms with van der Waals surface area (Å²) in [5, 5.41) is 11.0. The molecule has 7 heteroatoms. The molecule has 1 amide bonds. The third kappa shape index (κ3) is 3.77. The average Bonchev–Trinajstić information content (AvgIpc) is 2.81. The number of rotatable bonds is 4. The zero-order valence-corrected chi connectivity index (χ0v) is 12.6. The van der Waals surface area contributed by atoms with Crippen LogP contribution in [0.1, 0.15) is 11.3 Å². The maximum atomic E-state index is 12.1. The first kappa shape index (κ1) is 14.5. The van der Waals surface area contributed by atoms with Gasteiger partial charge in [0.1, 0.15) is 0 Å². The molecule has 1 atom stereocenters. The summed E-state index contributed by atoms with van der Waals surface area (Å²) in [5.74, 6) is -1.13. The Morgan fingerprint density at radius 1 is 1.58 bits per heavy atom. The lowest BCUT2D eigenvalue weighted by molar-refractivity contribution is -0.158. The summed E-state index contributed by atoms with van der Waals surface area (Å²) in [6.45, 7) is 0.829. The highest BCUT2D eigenvalue weighted by Gasteiger charge is 2.32. The van der Waals surface area contributed by atoms with Crippen LogP contribution < -0.4 is 0 Å². The van der Waals surface area contributed by atoms with Gasteiger partial charge in [-0.2, -0.15) is 0 Å². The van der Waals surface area contributed by atoms with E-state index in [9.17, 15) is 9.59 Å². The van der Waals surface area contributed by atoms with Crippen LogP contribution in [0.3, 0.4) is 0 Å². The first-order chi connectivity index (χ1) is 9.08. The third-order valence-electron chi connectivity index (χ3n) is 2.94. The van der Waals surface area contributed by atoms with Crippen molar-refractivity contribution in [1.82, 2.24) is 4.90 Å². The van der Waals surface area contributed by atoms with Crippen molar-refractivity contribution < 1.29 is 19.4 Å². The minimum atomic E-state index is -1.01. The van der Waals surface area contributed by atoms with Crippen molar-refractivity contribution in [2.75, 3.05) is 19.8 Å². The van der Waals surface area contributed by atoms with E-state index in [-0.39, 0.29) is 12.5 Å². The summed E-state index contributed by atoms with van der Waals surface area (Å²) in [4.78, 5) is 25.7. The van der Waals surface area contributed by atoms with Gasteiger partial charge in [-0.1, -0.05) is 0 Å². The molecule has 1 N–H and O–H groups in total. The van der Waals surface area contributed by atoms with Gasteiger partial charge in [0, 0.05) is 27.7 Å². The second kappa shape index (κ2) is 6.49. The number of morpholine rings is 1. The largest absolute Gasteiger partial charge is 0.480 e. The number of carbonyl (C=O) groups excluding carboxylic acids is 1. The van der Waals surface area contributed by atoms with Gasteiger partial charge in [-0.15, -0.1) is 11.3 Å². The monoisotopic (exact) mass is 347 g/mol. The molecule has 1 aromatic rings. The number of nitrogens with zero attached hydrogens (tertiary/aromatic N) is 1. The van der Waals surface area contributed by atoms with Crippen LogP contribution in [0.5, 0.6) is 0 Å². The maximum absolute atomic E-state index is 12.1. The second-order valence-corrected chi connectivity index (χ2v) is 6.16. The predicted octanol–water partition coefficient (Wildman–Crippen LogP) is 1.76. The van der Waals surface area contributed by atoms with Gasteiger partial charge < -0.3 is 14.7 Å². The second-order valence-electron chi connectivity index (χ2n) is 4.25. The molecule has 2 heterocycles. The molecule has 1 saturated heterocycles. The molecule has 1 fully saturated rings. The van der Waals surface area contributed by atoms with Gasteiger partial charge in [-0.3, -0.25) is 4.79 Å². The van der Waals surface area contributed by atoms with Crippen molar-refractivity contribution >= 4 is 39.1 Å². The number of carboxylic acid groups (broad SMARTS) is 1. The van der Waals surface area contributed by atoms with E-state index in [0.29, 0.717) is 26.0 Å². The van der Waals surface area contributed by atoms with Crippen LogP contribution in [0, 0.1) is 0 Å². The molecule has 19 heavy (non-hydrogen) atoms. The van der Waals surface area contributed by atoms with Crippen molar-refractivity contribution in [2.45, 2.75) is 18.9 Å². The number of amides is 1. The Kier molecular flexibility index (Phi) is 4.95. The number of halogens is 1. The molecule has 0 aromatic carbocycles. The summed E-state index contributed by atoms with van der Waals surface area (Å²) < 4.78 is 6.12. The van der Waals surface area contributed by atoms with Gasteiger partial charge in [0.2, 0.25) is 5.91 Å². The number of hydrogen-bond donors (Lipinski definition) is 1. The highest BCUT2D eigenvalue weighted by atomic mass is 79.9. The van der Waals surface area contributed by atoms with Crippen LogP contribution in [0.2, 0.25) is 0 Å². The zero-order valence-electron chi connectivity index (χ0n) is 10.2. The van der Waals surface area contributed by atoms with Crippen LogP contribution in [-0.4, -0.2) is 47.7 Å². The molecular weight excluding hydrogens is 334 g/mol. The van der Waals surface area contributed by atoms with Gasteiger partial charge in [-0.05, 0) is 28.4 Å².